The number of rotatable bonds is 5. The lowest BCUT2D eigenvalue weighted by Gasteiger charge is -2.14. The van der Waals surface area contributed by atoms with E-state index < -0.39 is 0 Å². The molecule has 0 aliphatic rings. The Kier molecular flexibility index (Phi) is 4.43. The van der Waals surface area contributed by atoms with E-state index in [4.69, 9.17) is 15.2 Å². The highest BCUT2D eigenvalue weighted by Gasteiger charge is 2.04. The lowest BCUT2D eigenvalue weighted by atomic mass is 10.2. The maximum absolute atomic E-state index is 5.53. The van der Waals surface area contributed by atoms with Crippen LogP contribution in [-0.2, 0) is 4.74 Å². The fraction of sp³-hybridized carbons (Fsp3) is 0.455. The highest BCUT2D eigenvalue weighted by molar-refractivity contribution is 5.27. The first-order valence-corrected chi connectivity index (χ1v) is 4.68. The molecule has 3 nitrogen and oxygen atoms in total. The largest absolute Gasteiger partial charge is 0.491 e. The quantitative estimate of drug-likeness (QED) is 0.771. The molecule has 14 heavy (non-hydrogen) atoms. The number of nitrogens with two attached hydrogens (primary N) is 1. The fourth-order valence-corrected chi connectivity index (χ4v) is 1.13. The van der Waals surface area contributed by atoms with Gasteiger partial charge in [-0.05, 0) is 24.6 Å². The number of ether oxygens (including phenoxy) is 2. The zero-order valence-electron chi connectivity index (χ0n) is 8.69. The zero-order valence-corrected chi connectivity index (χ0v) is 8.69. The summed E-state index contributed by atoms with van der Waals surface area (Å²) in [4.78, 5) is 0. The van der Waals surface area contributed by atoms with Crippen molar-refractivity contribution in [1.29, 1.82) is 0 Å². The van der Waals surface area contributed by atoms with Crippen LogP contribution in [0.25, 0.3) is 0 Å². The molecule has 0 saturated carbocycles. The summed E-state index contributed by atoms with van der Waals surface area (Å²) in [7, 11) is 1.64. The molecule has 1 atom stereocenters. The molecule has 1 aromatic carbocycles. The Labute approximate surface area is 84.8 Å². The second-order valence-electron chi connectivity index (χ2n) is 3.22. The number of methoxy groups -OCH3 is 1. The molecule has 0 heterocycles. The molecule has 0 aliphatic heterocycles. The molecule has 2 N–H and O–H groups in total. The highest BCUT2D eigenvalue weighted by Crippen LogP contribution is 2.12. The first-order chi connectivity index (χ1) is 6.76. The molecule has 0 radical (unpaired) electrons. The summed E-state index contributed by atoms with van der Waals surface area (Å²) < 4.78 is 10.6. The van der Waals surface area contributed by atoms with Gasteiger partial charge in [0.2, 0.25) is 0 Å². The van der Waals surface area contributed by atoms with Crippen LogP contribution in [0, 0.1) is 6.92 Å². The Morgan fingerprint density at radius 1 is 1.43 bits per heavy atom. The molecule has 0 amide bonds. The summed E-state index contributed by atoms with van der Waals surface area (Å²) in [5.74, 6) is 0.862. The van der Waals surface area contributed by atoms with Gasteiger partial charge >= 0.3 is 0 Å². The van der Waals surface area contributed by atoms with E-state index in [2.05, 4.69) is 0 Å². The Hall–Kier alpha value is -1.06. The first-order valence-electron chi connectivity index (χ1n) is 4.68. The van der Waals surface area contributed by atoms with Crippen LogP contribution < -0.4 is 10.5 Å². The van der Waals surface area contributed by atoms with Crippen LogP contribution in [0.4, 0.5) is 0 Å². The normalized spacial score (nSPS) is 12.5. The lowest BCUT2D eigenvalue weighted by Crippen LogP contribution is -2.28. The minimum atomic E-state index is -0.0319. The van der Waals surface area contributed by atoms with E-state index in [1.165, 1.54) is 5.56 Å². The molecule has 0 saturated heterocycles. The van der Waals surface area contributed by atoms with E-state index in [1.807, 2.05) is 31.2 Å². The molecule has 78 valence electrons. The van der Waals surface area contributed by atoms with E-state index in [-0.39, 0.29) is 6.10 Å². The van der Waals surface area contributed by atoms with Crippen LogP contribution in [0.3, 0.4) is 0 Å². The van der Waals surface area contributed by atoms with Crippen LogP contribution >= 0.6 is 0 Å². The SMILES string of the molecule is CO[C@@H](CN)COc1cccc(C)c1. The molecule has 0 spiro atoms. The van der Waals surface area contributed by atoms with Crippen molar-refractivity contribution in [2.75, 3.05) is 20.3 Å². The van der Waals surface area contributed by atoms with E-state index in [9.17, 15) is 0 Å². The maximum Gasteiger partial charge on any atom is 0.119 e. The van der Waals surface area contributed by atoms with Gasteiger partial charge in [-0.2, -0.15) is 0 Å². The van der Waals surface area contributed by atoms with Crippen molar-refractivity contribution in [3.63, 3.8) is 0 Å². The third kappa shape index (κ3) is 3.36. The predicted molar refractivity (Wildman–Crippen MR) is 56.5 cm³/mol. The minimum Gasteiger partial charge on any atom is -0.491 e. The summed E-state index contributed by atoms with van der Waals surface area (Å²) in [5, 5.41) is 0. The monoisotopic (exact) mass is 195 g/mol. The minimum absolute atomic E-state index is 0.0319. The molecule has 0 aromatic heterocycles. The zero-order chi connectivity index (χ0) is 10.4. The standard InChI is InChI=1S/C11H17NO2/c1-9-4-3-5-10(6-9)14-8-11(7-12)13-2/h3-6,11H,7-8,12H2,1-2H3/t11-/m0/s1. The van der Waals surface area contributed by atoms with Gasteiger partial charge in [0.15, 0.2) is 0 Å². The van der Waals surface area contributed by atoms with Gasteiger partial charge in [-0.15, -0.1) is 0 Å². The smallest absolute Gasteiger partial charge is 0.119 e. The van der Waals surface area contributed by atoms with Crippen molar-refractivity contribution in [3.05, 3.63) is 29.8 Å². The van der Waals surface area contributed by atoms with Crippen molar-refractivity contribution < 1.29 is 9.47 Å². The fourth-order valence-electron chi connectivity index (χ4n) is 1.13. The Morgan fingerprint density at radius 3 is 2.79 bits per heavy atom. The summed E-state index contributed by atoms with van der Waals surface area (Å²) in [5.41, 5.74) is 6.66. The molecule has 3 heteroatoms. The second-order valence-corrected chi connectivity index (χ2v) is 3.22. The molecule has 0 fully saturated rings. The van der Waals surface area contributed by atoms with Crippen molar-refractivity contribution in [3.8, 4) is 5.75 Å². The molecule has 1 aromatic rings. The van der Waals surface area contributed by atoms with Crippen LogP contribution in [-0.4, -0.2) is 26.4 Å². The maximum atomic E-state index is 5.53. The Bertz CT molecular complexity index is 272. The van der Waals surface area contributed by atoms with Gasteiger partial charge in [0, 0.05) is 13.7 Å². The topological polar surface area (TPSA) is 44.5 Å². The van der Waals surface area contributed by atoms with Crippen molar-refractivity contribution in [2.24, 2.45) is 5.73 Å². The van der Waals surface area contributed by atoms with Gasteiger partial charge in [0.1, 0.15) is 18.5 Å². The van der Waals surface area contributed by atoms with Gasteiger partial charge in [-0.3, -0.25) is 0 Å². The third-order valence-corrected chi connectivity index (χ3v) is 2.02. The molecule has 0 bridgehead atoms. The number of hydrogen-bond donors (Lipinski definition) is 1. The number of aryl methyl sites for hydroxylation is 1. The third-order valence-electron chi connectivity index (χ3n) is 2.02. The van der Waals surface area contributed by atoms with E-state index >= 15 is 0 Å². The summed E-state index contributed by atoms with van der Waals surface area (Å²) in [6.07, 6.45) is -0.0319. The molecule has 0 aliphatic carbocycles. The molecular formula is C11H17NO2. The van der Waals surface area contributed by atoms with Crippen LogP contribution in [0.15, 0.2) is 24.3 Å². The predicted octanol–water partition coefficient (Wildman–Crippen LogP) is 1.35. The van der Waals surface area contributed by atoms with Gasteiger partial charge in [-0.1, -0.05) is 12.1 Å². The van der Waals surface area contributed by atoms with Gasteiger partial charge in [-0.25, -0.2) is 0 Å². The van der Waals surface area contributed by atoms with E-state index in [0.717, 1.165) is 5.75 Å². The Morgan fingerprint density at radius 2 is 2.21 bits per heavy atom. The number of hydrogen-bond acceptors (Lipinski definition) is 3. The first kappa shape index (κ1) is 11.0. The van der Waals surface area contributed by atoms with Gasteiger partial charge in [0.05, 0.1) is 0 Å². The highest BCUT2D eigenvalue weighted by atomic mass is 16.5. The number of benzene rings is 1. The second kappa shape index (κ2) is 5.62. The lowest BCUT2D eigenvalue weighted by molar-refractivity contribution is 0.0643. The average Bonchev–Trinajstić information content (AvgIpc) is 2.19. The van der Waals surface area contributed by atoms with Gasteiger partial charge < -0.3 is 15.2 Å². The summed E-state index contributed by atoms with van der Waals surface area (Å²) in [6.45, 7) is 3.00. The Balaban J connectivity index is 2.44. The van der Waals surface area contributed by atoms with E-state index in [0.29, 0.717) is 13.2 Å². The van der Waals surface area contributed by atoms with Crippen LogP contribution in [0.5, 0.6) is 5.75 Å². The van der Waals surface area contributed by atoms with Crippen molar-refractivity contribution in [2.45, 2.75) is 13.0 Å². The van der Waals surface area contributed by atoms with Crippen LogP contribution in [0.2, 0.25) is 0 Å². The molecule has 0 unspecified atom stereocenters. The van der Waals surface area contributed by atoms with Crippen LogP contribution in [0.1, 0.15) is 5.56 Å². The van der Waals surface area contributed by atoms with Crippen molar-refractivity contribution >= 4 is 0 Å². The van der Waals surface area contributed by atoms with E-state index in [1.54, 1.807) is 7.11 Å². The van der Waals surface area contributed by atoms with Gasteiger partial charge in [0.25, 0.3) is 0 Å². The van der Waals surface area contributed by atoms with Crippen molar-refractivity contribution in [1.82, 2.24) is 0 Å². The molecule has 1 rings (SSSR count). The summed E-state index contributed by atoms with van der Waals surface area (Å²) in [6, 6.07) is 7.91. The molecular weight excluding hydrogens is 178 g/mol. The summed E-state index contributed by atoms with van der Waals surface area (Å²) >= 11 is 0. The average molecular weight is 195 g/mol.